The monoisotopic (exact) mass is 482 g/mol. The number of hydrogen-bond donors (Lipinski definition) is 2. The van der Waals surface area contributed by atoms with E-state index < -0.39 is 5.97 Å². The minimum absolute atomic E-state index is 0.190. The predicted molar refractivity (Wildman–Crippen MR) is 137 cm³/mol. The number of carboxylic acid groups (broad SMARTS) is 1. The lowest BCUT2D eigenvalue weighted by Crippen LogP contribution is -2.28. The number of aryl methyl sites for hydroxylation is 1. The van der Waals surface area contributed by atoms with Crippen molar-refractivity contribution in [1.29, 1.82) is 0 Å². The molecule has 0 unspecified atom stereocenters. The van der Waals surface area contributed by atoms with Gasteiger partial charge in [-0.2, -0.15) is 0 Å². The lowest BCUT2D eigenvalue weighted by Gasteiger charge is -2.23. The van der Waals surface area contributed by atoms with Gasteiger partial charge in [-0.05, 0) is 88.0 Å². The van der Waals surface area contributed by atoms with Gasteiger partial charge < -0.3 is 15.3 Å². The lowest BCUT2D eigenvalue weighted by molar-refractivity contribution is 0.0703. The number of thiophene rings is 1. The van der Waals surface area contributed by atoms with E-state index in [1.807, 2.05) is 13.0 Å². The summed E-state index contributed by atoms with van der Waals surface area (Å²) in [5.74, 6) is -1.31. The summed E-state index contributed by atoms with van der Waals surface area (Å²) in [6, 6.07) is 8.02. The number of hydrogen-bond acceptors (Lipinski definition) is 5. The number of aromatic nitrogens is 1. The van der Waals surface area contributed by atoms with Crippen molar-refractivity contribution in [2.24, 2.45) is 4.99 Å². The molecule has 180 valence electrons. The molecule has 34 heavy (non-hydrogen) atoms. The van der Waals surface area contributed by atoms with E-state index in [1.165, 1.54) is 50.9 Å². The molecule has 2 aliphatic rings. The molecule has 2 aliphatic heterocycles. The third-order valence-corrected chi connectivity index (χ3v) is 7.18. The van der Waals surface area contributed by atoms with E-state index in [9.17, 15) is 14.3 Å². The summed E-state index contributed by atoms with van der Waals surface area (Å²) in [5.41, 5.74) is 2.84. The number of carbonyl (C=O) groups is 1. The topological polar surface area (TPSA) is 77.8 Å². The second-order valence-electron chi connectivity index (χ2n) is 8.75. The molecule has 2 aromatic heterocycles. The first-order valence-electron chi connectivity index (χ1n) is 12.0. The van der Waals surface area contributed by atoms with Gasteiger partial charge in [0.25, 0.3) is 0 Å². The van der Waals surface area contributed by atoms with E-state index in [0.29, 0.717) is 16.2 Å². The van der Waals surface area contributed by atoms with E-state index in [4.69, 9.17) is 0 Å². The van der Waals surface area contributed by atoms with Gasteiger partial charge in [0.2, 0.25) is 0 Å². The predicted octanol–water partition coefficient (Wildman–Crippen LogP) is 6.01. The van der Waals surface area contributed by atoms with Crippen molar-refractivity contribution in [3.05, 3.63) is 46.6 Å². The Balaban J connectivity index is 0.000000398. The van der Waals surface area contributed by atoms with Crippen molar-refractivity contribution in [2.45, 2.75) is 45.4 Å². The molecule has 2 saturated heterocycles. The van der Waals surface area contributed by atoms with Gasteiger partial charge in [0.1, 0.15) is 15.5 Å². The zero-order valence-electron chi connectivity index (χ0n) is 19.5. The highest BCUT2D eigenvalue weighted by Gasteiger charge is 2.21. The first kappa shape index (κ1) is 24.3. The van der Waals surface area contributed by atoms with Crippen LogP contribution in [0.2, 0.25) is 0 Å². The Labute approximate surface area is 203 Å². The van der Waals surface area contributed by atoms with Crippen molar-refractivity contribution in [1.82, 2.24) is 15.2 Å². The van der Waals surface area contributed by atoms with Crippen molar-refractivity contribution in [3.63, 3.8) is 0 Å². The van der Waals surface area contributed by atoms with E-state index >= 15 is 0 Å². The van der Waals surface area contributed by atoms with Crippen LogP contribution in [0.25, 0.3) is 21.5 Å². The van der Waals surface area contributed by atoms with Crippen molar-refractivity contribution < 1.29 is 14.3 Å². The van der Waals surface area contributed by atoms with Crippen LogP contribution in [0.5, 0.6) is 0 Å². The SMILES string of the molecule is C1CCNCC1.Cc1cc(-c2ccc(F)cc2)nc2sc(C(=O)O)c(N=CN3CCCCC3)c12. The van der Waals surface area contributed by atoms with Crippen molar-refractivity contribution in [3.8, 4) is 11.3 Å². The zero-order valence-corrected chi connectivity index (χ0v) is 20.3. The maximum atomic E-state index is 13.2. The molecule has 2 fully saturated rings. The third kappa shape index (κ3) is 5.98. The van der Waals surface area contributed by atoms with Crippen LogP contribution in [0.3, 0.4) is 0 Å². The van der Waals surface area contributed by atoms with Crippen LogP contribution >= 0.6 is 11.3 Å². The van der Waals surface area contributed by atoms with E-state index in [2.05, 4.69) is 20.2 Å². The number of likely N-dealkylation sites (tertiary alicyclic amines) is 1. The molecule has 3 aromatic rings. The molecule has 4 heterocycles. The molecule has 6 nitrogen and oxygen atoms in total. The summed E-state index contributed by atoms with van der Waals surface area (Å²) < 4.78 is 13.2. The summed E-state index contributed by atoms with van der Waals surface area (Å²) >= 11 is 1.13. The Morgan fingerprint density at radius 1 is 1.12 bits per heavy atom. The van der Waals surface area contributed by atoms with Crippen LogP contribution in [0.15, 0.2) is 35.3 Å². The molecule has 5 rings (SSSR count). The Morgan fingerprint density at radius 3 is 2.38 bits per heavy atom. The average Bonchev–Trinajstić information content (AvgIpc) is 3.25. The van der Waals surface area contributed by atoms with E-state index in [0.717, 1.165) is 53.8 Å². The van der Waals surface area contributed by atoms with Gasteiger partial charge in [-0.15, -0.1) is 11.3 Å². The molecule has 0 amide bonds. The quantitative estimate of drug-likeness (QED) is 0.351. The first-order chi connectivity index (χ1) is 16.5. The Morgan fingerprint density at radius 2 is 1.79 bits per heavy atom. The van der Waals surface area contributed by atoms with Crippen LogP contribution < -0.4 is 5.32 Å². The van der Waals surface area contributed by atoms with Gasteiger partial charge in [0.15, 0.2) is 0 Å². The van der Waals surface area contributed by atoms with Crippen LogP contribution in [-0.2, 0) is 0 Å². The number of carboxylic acids is 1. The number of nitrogens with one attached hydrogen (secondary N) is 1. The number of nitrogens with zero attached hydrogens (tertiary/aromatic N) is 3. The highest BCUT2D eigenvalue weighted by atomic mass is 32.1. The fraction of sp³-hybridized carbons (Fsp3) is 0.423. The number of benzene rings is 1. The van der Waals surface area contributed by atoms with Crippen LogP contribution in [0, 0.1) is 12.7 Å². The Kier molecular flexibility index (Phi) is 8.24. The number of rotatable bonds is 4. The smallest absolute Gasteiger partial charge is 0.348 e. The number of fused-ring (bicyclic) bond motifs is 1. The second-order valence-corrected chi connectivity index (χ2v) is 9.75. The zero-order chi connectivity index (χ0) is 23.9. The van der Waals surface area contributed by atoms with E-state index in [-0.39, 0.29) is 10.7 Å². The fourth-order valence-corrected chi connectivity index (χ4v) is 5.31. The number of pyridine rings is 1. The number of piperidine rings is 2. The summed E-state index contributed by atoms with van der Waals surface area (Å²) in [5, 5.41) is 13.7. The molecular weight excluding hydrogens is 451 g/mol. The highest BCUT2D eigenvalue weighted by molar-refractivity contribution is 7.21. The highest BCUT2D eigenvalue weighted by Crippen LogP contribution is 2.40. The molecule has 1 aromatic carbocycles. The molecule has 8 heteroatoms. The molecule has 0 atom stereocenters. The molecule has 0 spiro atoms. The average molecular weight is 483 g/mol. The maximum Gasteiger partial charge on any atom is 0.348 e. The van der Waals surface area contributed by atoms with Crippen LogP contribution in [0.1, 0.15) is 53.8 Å². The second kappa shape index (κ2) is 11.5. The fourth-order valence-electron chi connectivity index (χ4n) is 4.28. The molecule has 0 bridgehead atoms. The molecular formula is C26H31FN4O2S. The van der Waals surface area contributed by atoms with Crippen molar-refractivity contribution >= 4 is 39.5 Å². The minimum Gasteiger partial charge on any atom is -0.477 e. The number of halogens is 1. The summed E-state index contributed by atoms with van der Waals surface area (Å²) in [6.07, 6.45) is 9.46. The number of aromatic carboxylic acids is 1. The van der Waals surface area contributed by atoms with Gasteiger partial charge in [0.05, 0.1) is 17.7 Å². The molecule has 0 radical (unpaired) electrons. The normalized spacial score (nSPS) is 16.5. The van der Waals surface area contributed by atoms with Gasteiger partial charge in [-0.1, -0.05) is 6.42 Å². The number of aliphatic imine (C=N–C) groups is 1. The Hall–Kier alpha value is -2.84. The van der Waals surface area contributed by atoms with Gasteiger partial charge >= 0.3 is 5.97 Å². The molecule has 0 saturated carbocycles. The molecule has 2 N–H and O–H groups in total. The summed E-state index contributed by atoms with van der Waals surface area (Å²) in [4.78, 5) is 23.9. The molecule has 0 aliphatic carbocycles. The summed E-state index contributed by atoms with van der Waals surface area (Å²) in [6.45, 7) is 6.31. The third-order valence-electron chi connectivity index (χ3n) is 6.12. The lowest BCUT2D eigenvalue weighted by atomic mass is 10.1. The van der Waals surface area contributed by atoms with Crippen LogP contribution in [0.4, 0.5) is 10.1 Å². The van der Waals surface area contributed by atoms with Crippen molar-refractivity contribution in [2.75, 3.05) is 26.2 Å². The largest absolute Gasteiger partial charge is 0.477 e. The van der Waals surface area contributed by atoms with Gasteiger partial charge in [-0.3, -0.25) is 0 Å². The summed E-state index contributed by atoms with van der Waals surface area (Å²) in [7, 11) is 0. The van der Waals surface area contributed by atoms with Gasteiger partial charge in [0, 0.05) is 24.0 Å². The van der Waals surface area contributed by atoms with Crippen LogP contribution in [-0.4, -0.2) is 53.5 Å². The maximum absolute atomic E-state index is 13.2. The standard InChI is InChI=1S/C21H20FN3O2S.C5H11N/c1-13-11-16(14-5-7-15(22)8-6-14)24-20-17(13)18(19(28-20)21(26)27)23-12-25-9-3-2-4-10-25;1-2-4-6-5-3-1/h5-8,11-12H,2-4,9-10H2,1H3,(H,26,27);6H,1-5H2. The minimum atomic E-state index is -1.00. The van der Waals surface area contributed by atoms with E-state index in [1.54, 1.807) is 18.5 Å². The Bertz CT molecular complexity index is 1140. The van der Waals surface area contributed by atoms with Gasteiger partial charge in [-0.25, -0.2) is 19.2 Å². The first-order valence-corrected chi connectivity index (χ1v) is 12.8.